The number of amides is 1. The average molecular weight is 240 g/mol. The summed E-state index contributed by atoms with van der Waals surface area (Å²) in [6, 6.07) is 4.31. The molecule has 1 aliphatic heterocycles. The fourth-order valence-corrected chi connectivity index (χ4v) is 2.89. The third-order valence-corrected chi connectivity index (χ3v) is 3.65. The summed E-state index contributed by atoms with van der Waals surface area (Å²) in [7, 11) is 1.95. The van der Waals surface area contributed by atoms with Gasteiger partial charge < -0.3 is 15.4 Å². The molecule has 5 heteroatoms. The van der Waals surface area contributed by atoms with Crippen LogP contribution < -0.4 is 10.6 Å². The summed E-state index contributed by atoms with van der Waals surface area (Å²) < 4.78 is 4.96. The number of nitrogens with one attached hydrogen (secondary N) is 2. The highest BCUT2D eigenvalue weighted by atomic mass is 32.1. The van der Waals surface area contributed by atoms with Crippen LogP contribution in [-0.4, -0.2) is 26.3 Å². The fourth-order valence-electron chi connectivity index (χ4n) is 1.75. The molecule has 2 rings (SSSR count). The van der Waals surface area contributed by atoms with Gasteiger partial charge in [0.05, 0.1) is 6.61 Å². The molecular weight excluding hydrogens is 224 g/mol. The SMILES string of the molecule is CNCc1ccc(CC2CNC(=O)OC2)s1. The first-order chi connectivity index (χ1) is 7.78. The van der Waals surface area contributed by atoms with Crippen molar-refractivity contribution in [2.75, 3.05) is 20.2 Å². The molecule has 0 radical (unpaired) electrons. The van der Waals surface area contributed by atoms with Crippen LogP contribution in [0.5, 0.6) is 0 Å². The van der Waals surface area contributed by atoms with E-state index in [4.69, 9.17) is 4.74 Å². The lowest BCUT2D eigenvalue weighted by atomic mass is 10.1. The molecule has 1 unspecified atom stereocenters. The number of thiophene rings is 1. The predicted molar refractivity (Wildman–Crippen MR) is 63.6 cm³/mol. The molecule has 4 nitrogen and oxygen atoms in total. The highest BCUT2D eigenvalue weighted by Crippen LogP contribution is 2.20. The van der Waals surface area contributed by atoms with Gasteiger partial charge in [0.2, 0.25) is 0 Å². The Bertz CT molecular complexity index is 355. The normalized spacial score (nSPS) is 20.3. The molecule has 1 aliphatic rings. The number of cyclic esters (lactones) is 1. The molecule has 88 valence electrons. The molecule has 1 saturated heterocycles. The van der Waals surface area contributed by atoms with E-state index in [0.717, 1.165) is 19.5 Å². The average Bonchev–Trinajstić information content (AvgIpc) is 2.70. The van der Waals surface area contributed by atoms with E-state index in [9.17, 15) is 4.79 Å². The lowest BCUT2D eigenvalue weighted by Gasteiger charge is -2.21. The molecule has 2 heterocycles. The number of rotatable bonds is 4. The molecule has 1 aromatic heterocycles. The second-order valence-corrected chi connectivity index (χ2v) is 5.20. The van der Waals surface area contributed by atoms with Crippen LogP contribution in [0.3, 0.4) is 0 Å². The van der Waals surface area contributed by atoms with Gasteiger partial charge in [-0.05, 0) is 25.6 Å². The lowest BCUT2D eigenvalue weighted by molar-refractivity contribution is 0.103. The number of hydrogen-bond donors (Lipinski definition) is 2. The van der Waals surface area contributed by atoms with Gasteiger partial charge in [-0.3, -0.25) is 0 Å². The van der Waals surface area contributed by atoms with E-state index in [-0.39, 0.29) is 6.09 Å². The van der Waals surface area contributed by atoms with Crippen molar-refractivity contribution in [1.82, 2.24) is 10.6 Å². The molecular formula is C11H16N2O2S. The molecule has 1 fully saturated rings. The number of hydrogen-bond acceptors (Lipinski definition) is 4. The Morgan fingerprint density at radius 3 is 3.06 bits per heavy atom. The van der Waals surface area contributed by atoms with Crippen LogP contribution in [0, 0.1) is 5.92 Å². The molecule has 0 saturated carbocycles. The Kier molecular flexibility index (Phi) is 3.79. The predicted octanol–water partition coefficient (Wildman–Crippen LogP) is 1.37. The Morgan fingerprint density at radius 1 is 1.56 bits per heavy atom. The first-order valence-corrected chi connectivity index (χ1v) is 6.22. The molecule has 2 N–H and O–H groups in total. The minimum absolute atomic E-state index is 0.293. The van der Waals surface area contributed by atoms with Crippen molar-refractivity contribution in [2.24, 2.45) is 5.92 Å². The number of ether oxygens (including phenoxy) is 1. The van der Waals surface area contributed by atoms with Crippen LogP contribution >= 0.6 is 11.3 Å². The molecule has 0 bridgehead atoms. The molecule has 0 aliphatic carbocycles. The van der Waals surface area contributed by atoms with Crippen molar-refractivity contribution in [3.63, 3.8) is 0 Å². The maximum absolute atomic E-state index is 10.8. The number of carbonyl (C=O) groups is 1. The maximum atomic E-state index is 10.8. The van der Waals surface area contributed by atoms with Gasteiger partial charge in [0, 0.05) is 28.8 Å². The van der Waals surface area contributed by atoms with Crippen molar-refractivity contribution < 1.29 is 9.53 Å². The van der Waals surface area contributed by atoms with Crippen LogP contribution in [-0.2, 0) is 17.7 Å². The van der Waals surface area contributed by atoms with Crippen molar-refractivity contribution >= 4 is 17.4 Å². The highest BCUT2D eigenvalue weighted by Gasteiger charge is 2.19. The van der Waals surface area contributed by atoms with E-state index < -0.39 is 0 Å². The van der Waals surface area contributed by atoms with E-state index >= 15 is 0 Å². The quantitative estimate of drug-likeness (QED) is 0.835. The van der Waals surface area contributed by atoms with Gasteiger partial charge in [0.25, 0.3) is 0 Å². The Balaban J connectivity index is 1.86. The number of alkyl carbamates (subject to hydrolysis) is 1. The highest BCUT2D eigenvalue weighted by molar-refractivity contribution is 7.11. The summed E-state index contributed by atoms with van der Waals surface area (Å²) in [5.41, 5.74) is 0. The molecule has 16 heavy (non-hydrogen) atoms. The molecule has 1 amide bonds. The summed E-state index contributed by atoms with van der Waals surface area (Å²) in [5.74, 6) is 0.402. The van der Waals surface area contributed by atoms with Crippen LogP contribution in [0.1, 0.15) is 9.75 Å². The largest absolute Gasteiger partial charge is 0.449 e. The van der Waals surface area contributed by atoms with Gasteiger partial charge in [0.15, 0.2) is 0 Å². The van der Waals surface area contributed by atoms with Gasteiger partial charge in [-0.1, -0.05) is 0 Å². The van der Waals surface area contributed by atoms with E-state index in [0.29, 0.717) is 12.5 Å². The molecule has 1 aromatic rings. The van der Waals surface area contributed by atoms with Crippen molar-refractivity contribution in [3.8, 4) is 0 Å². The van der Waals surface area contributed by atoms with Gasteiger partial charge in [-0.15, -0.1) is 11.3 Å². The van der Waals surface area contributed by atoms with E-state index in [1.54, 1.807) is 0 Å². The topological polar surface area (TPSA) is 50.4 Å². The third-order valence-electron chi connectivity index (χ3n) is 2.54. The minimum atomic E-state index is -0.293. The summed E-state index contributed by atoms with van der Waals surface area (Å²) >= 11 is 1.82. The van der Waals surface area contributed by atoms with E-state index in [1.807, 2.05) is 18.4 Å². The zero-order chi connectivity index (χ0) is 11.4. The first kappa shape index (κ1) is 11.4. The third kappa shape index (κ3) is 2.96. The smallest absolute Gasteiger partial charge is 0.407 e. The van der Waals surface area contributed by atoms with Crippen LogP contribution in [0.15, 0.2) is 12.1 Å². The fraction of sp³-hybridized carbons (Fsp3) is 0.545. The van der Waals surface area contributed by atoms with E-state index in [1.165, 1.54) is 9.75 Å². The second-order valence-electron chi connectivity index (χ2n) is 3.95. The summed E-state index contributed by atoms with van der Waals surface area (Å²) in [5, 5.41) is 5.85. The Hall–Kier alpha value is -1.07. The molecule has 0 aromatic carbocycles. The maximum Gasteiger partial charge on any atom is 0.407 e. The minimum Gasteiger partial charge on any atom is -0.449 e. The Morgan fingerprint density at radius 2 is 2.38 bits per heavy atom. The monoisotopic (exact) mass is 240 g/mol. The first-order valence-electron chi connectivity index (χ1n) is 5.40. The summed E-state index contributed by atoms with van der Waals surface area (Å²) in [6.07, 6.45) is 0.688. The van der Waals surface area contributed by atoms with Gasteiger partial charge in [0.1, 0.15) is 0 Å². The number of carbonyl (C=O) groups excluding carboxylic acids is 1. The van der Waals surface area contributed by atoms with Crippen LogP contribution in [0.25, 0.3) is 0 Å². The Labute approximate surface area is 99.0 Å². The van der Waals surface area contributed by atoms with Gasteiger partial charge in [-0.2, -0.15) is 0 Å². The zero-order valence-corrected chi connectivity index (χ0v) is 10.1. The second kappa shape index (κ2) is 5.32. The molecule has 0 spiro atoms. The van der Waals surface area contributed by atoms with Crippen LogP contribution in [0.2, 0.25) is 0 Å². The van der Waals surface area contributed by atoms with Crippen molar-refractivity contribution in [2.45, 2.75) is 13.0 Å². The van der Waals surface area contributed by atoms with Gasteiger partial charge in [-0.25, -0.2) is 4.79 Å². The zero-order valence-electron chi connectivity index (χ0n) is 9.29. The van der Waals surface area contributed by atoms with Crippen LogP contribution in [0.4, 0.5) is 4.79 Å². The summed E-state index contributed by atoms with van der Waals surface area (Å²) in [4.78, 5) is 13.5. The van der Waals surface area contributed by atoms with Crippen molar-refractivity contribution in [1.29, 1.82) is 0 Å². The lowest BCUT2D eigenvalue weighted by Crippen LogP contribution is -2.39. The van der Waals surface area contributed by atoms with Crippen molar-refractivity contribution in [3.05, 3.63) is 21.9 Å². The standard InChI is InChI=1S/C11H16N2O2S/c1-12-6-10-3-2-9(16-10)4-8-5-13-11(14)15-7-8/h2-3,8,12H,4-7H2,1H3,(H,13,14). The van der Waals surface area contributed by atoms with E-state index in [2.05, 4.69) is 22.8 Å². The molecule has 1 atom stereocenters. The van der Waals surface area contributed by atoms with Gasteiger partial charge >= 0.3 is 6.09 Å². The summed E-state index contributed by atoms with van der Waals surface area (Å²) in [6.45, 7) is 2.17.